The Hall–Kier alpha value is -3.19. The summed E-state index contributed by atoms with van der Waals surface area (Å²) in [6.45, 7) is 0.723. The predicted molar refractivity (Wildman–Crippen MR) is 95.1 cm³/mol. The monoisotopic (exact) mass is 366 g/mol. The number of nitriles is 1. The molecular formula is C16H14N8OS. The average molecular weight is 366 g/mol. The smallest absolute Gasteiger partial charge is 0.326 e. The van der Waals surface area contributed by atoms with Gasteiger partial charge in [-0.3, -0.25) is 4.98 Å². The molecule has 0 bridgehead atoms. The Morgan fingerprint density at radius 2 is 2.23 bits per heavy atom. The number of thioether (sulfide) groups is 1. The van der Waals surface area contributed by atoms with Crippen LogP contribution in [0, 0.1) is 11.3 Å². The zero-order valence-electron chi connectivity index (χ0n) is 13.6. The van der Waals surface area contributed by atoms with Gasteiger partial charge in [0.15, 0.2) is 5.82 Å². The molecule has 0 atom stereocenters. The molecule has 130 valence electrons. The van der Waals surface area contributed by atoms with Crippen LogP contribution in [0.25, 0.3) is 0 Å². The SMILES string of the molecule is N#Cc1c(SCc2nn[nH]n2)nc(=O)[nH]c1N1CCCc2ccccc21. The van der Waals surface area contributed by atoms with Crippen LogP contribution in [0.1, 0.15) is 23.4 Å². The van der Waals surface area contributed by atoms with Crippen LogP contribution in [0.4, 0.5) is 11.5 Å². The molecule has 3 heterocycles. The molecule has 0 radical (unpaired) electrons. The van der Waals surface area contributed by atoms with Gasteiger partial charge in [-0.25, -0.2) is 4.79 Å². The van der Waals surface area contributed by atoms with Gasteiger partial charge in [-0.15, -0.1) is 10.2 Å². The Bertz CT molecular complexity index is 1020. The molecule has 0 unspecified atom stereocenters. The number of nitrogens with zero attached hydrogens (tertiary/aromatic N) is 6. The van der Waals surface area contributed by atoms with E-state index in [1.165, 1.54) is 17.3 Å². The highest BCUT2D eigenvalue weighted by atomic mass is 32.2. The van der Waals surface area contributed by atoms with Crippen LogP contribution in [-0.4, -0.2) is 37.1 Å². The van der Waals surface area contributed by atoms with Crippen molar-refractivity contribution in [3.05, 3.63) is 51.7 Å². The second-order valence-electron chi connectivity index (χ2n) is 5.68. The zero-order valence-corrected chi connectivity index (χ0v) is 14.5. The highest BCUT2D eigenvalue weighted by Crippen LogP contribution is 2.35. The van der Waals surface area contributed by atoms with Crippen LogP contribution in [0.15, 0.2) is 34.1 Å². The Morgan fingerprint density at radius 1 is 1.35 bits per heavy atom. The van der Waals surface area contributed by atoms with Crippen molar-refractivity contribution in [2.24, 2.45) is 0 Å². The summed E-state index contributed by atoms with van der Waals surface area (Å²) < 4.78 is 0. The van der Waals surface area contributed by atoms with E-state index in [-0.39, 0.29) is 0 Å². The van der Waals surface area contributed by atoms with E-state index in [1.807, 2.05) is 23.1 Å². The molecule has 3 aromatic rings. The third-order valence-electron chi connectivity index (χ3n) is 4.10. The Kier molecular flexibility index (Phi) is 4.37. The Balaban J connectivity index is 1.75. The van der Waals surface area contributed by atoms with Crippen molar-refractivity contribution in [2.45, 2.75) is 23.6 Å². The standard InChI is InChI=1S/C16H14N8OS/c17-8-11-14(24-7-3-5-10-4-1-2-6-12(10)24)18-16(25)19-15(11)26-9-13-20-22-23-21-13/h1-2,4,6H,3,5,7,9H2,(H,18,19,25)(H,20,21,22,23). The molecular weight excluding hydrogens is 352 g/mol. The minimum atomic E-state index is -0.488. The lowest BCUT2D eigenvalue weighted by molar-refractivity contribution is 0.751. The number of aryl methyl sites for hydroxylation is 1. The summed E-state index contributed by atoms with van der Waals surface area (Å²) in [6, 6.07) is 10.2. The zero-order chi connectivity index (χ0) is 17.9. The lowest BCUT2D eigenvalue weighted by Crippen LogP contribution is -2.29. The molecule has 0 fully saturated rings. The first-order valence-corrected chi connectivity index (χ1v) is 9.00. The molecule has 0 saturated heterocycles. The topological polar surface area (TPSA) is 127 Å². The summed E-state index contributed by atoms with van der Waals surface area (Å²) >= 11 is 1.24. The number of benzene rings is 1. The highest BCUT2D eigenvalue weighted by Gasteiger charge is 2.24. The predicted octanol–water partition coefficient (Wildman–Crippen LogP) is 1.53. The first kappa shape index (κ1) is 16.3. The Morgan fingerprint density at radius 3 is 3.04 bits per heavy atom. The van der Waals surface area contributed by atoms with Crippen molar-refractivity contribution >= 4 is 23.3 Å². The fraction of sp³-hybridized carbons (Fsp3) is 0.250. The van der Waals surface area contributed by atoms with Gasteiger partial charge in [-0.1, -0.05) is 35.2 Å². The summed E-state index contributed by atoms with van der Waals surface area (Å²) in [7, 11) is 0. The van der Waals surface area contributed by atoms with E-state index < -0.39 is 5.69 Å². The van der Waals surface area contributed by atoms with Crippen LogP contribution in [0.2, 0.25) is 0 Å². The highest BCUT2D eigenvalue weighted by molar-refractivity contribution is 7.98. The molecule has 2 aromatic heterocycles. The second kappa shape index (κ2) is 6.97. The summed E-state index contributed by atoms with van der Waals surface area (Å²) in [5, 5.41) is 23.7. The van der Waals surface area contributed by atoms with E-state index >= 15 is 0 Å². The molecule has 0 amide bonds. The van der Waals surface area contributed by atoms with Gasteiger partial charge < -0.3 is 4.90 Å². The molecule has 2 N–H and O–H groups in total. The number of fused-ring (bicyclic) bond motifs is 1. The quantitative estimate of drug-likeness (QED) is 0.526. The fourth-order valence-corrected chi connectivity index (χ4v) is 3.81. The molecule has 0 saturated carbocycles. The number of nitrogens with one attached hydrogen (secondary N) is 2. The summed E-state index contributed by atoms with van der Waals surface area (Å²) in [4.78, 5) is 20.8. The van der Waals surface area contributed by atoms with Gasteiger partial charge in [0.25, 0.3) is 0 Å². The molecule has 9 nitrogen and oxygen atoms in total. The van der Waals surface area contributed by atoms with Crippen molar-refractivity contribution in [3.8, 4) is 6.07 Å². The van der Waals surface area contributed by atoms with Crippen molar-refractivity contribution in [1.82, 2.24) is 30.6 Å². The Labute approximate surface area is 152 Å². The fourth-order valence-electron chi connectivity index (χ4n) is 2.99. The van der Waals surface area contributed by atoms with Crippen molar-refractivity contribution in [3.63, 3.8) is 0 Å². The first-order chi connectivity index (χ1) is 12.8. The minimum Gasteiger partial charge on any atom is -0.326 e. The van der Waals surface area contributed by atoms with E-state index in [4.69, 9.17) is 0 Å². The van der Waals surface area contributed by atoms with Gasteiger partial charge in [0, 0.05) is 12.2 Å². The number of tetrazole rings is 1. The van der Waals surface area contributed by atoms with Crippen molar-refractivity contribution in [1.29, 1.82) is 5.26 Å². The number of aromatic amines is 2. The summed E-state index contributed by atoms with van der Waals surface area (Å²) in [5.74, 6) is 1.32. The maximum Gasteiger partial charge on any atom is 0.347 e. The van der Waals surface area contributed by atoms with Crippen molar-refractivity contribution < 1.29 is 0 Å². The second-order valence-corrected chi connectivity index (χ2v) is 6.65. The van der Waals surface area contributed by atoms with Gasteiger partial charge in [-0.05, 0) is 24.5 Å². The van der Waals surface area contributed by atoms with E-state index in [0.717, 1.165) is 25.1 Å². The number of anilines is 2. The normalized spacial score (nSPS) is 13.3. The third kappa shape index (κ3) is 3.04. The molecule has 1 aliphatic rings. The van der Waals surface area contributed by atoms with Crippen LogP contribution in [0.5, 0.6) is 0 Å². The first-order valence-electron chi connectivity index (χ1n) is 8.01. The van der Waals surface area contributed by atoms with Gasteiger partial charge >= 0.3 is 5.69 Å². The van der Waals surface area contributed by atoms with E-state index in [9.17, 15) is 10.1 Å². The lowest BCUT2D eigenvalue weighted by atomic mass is 10.0. The molecule has 0 spiro atoms. The molecule has 0 aliphatic carbocycles. The van der Waals surface area contributed by atoms with Crippen LogP contribution >= 0.6 is 11.8 Å². The molecule has 10 heteroatoms. The van der Waals surface area contributed by atoms with E-state index in [0.29, 0.717) is 28.0 Å². The van der Waals surface area contributed by atoms with Gasteiger partial charge in [0.2, 0.25) is 0 Å². The molecule has 1 aliphatic heterocycles. The lowest BCUT2D eigenvalue weighted by Gasteiger charge is -2.31. The van der Waals surface area contributed by atoms with E-state index in [2.05, 4.69) is 42.7 Å². The van der Waals surface area contributed by atoms with Crippen LogP contribution < -0.4 is 10.6 Å². The number of rotatable bonds is 4. The number of aromatic nitrogens is 6. The minimum absolute atomic E-state index is 0.342. The number of para-hydroxylation sites is 1. The maximum absolute atomic E-state index is 12.1. The van der Waals surface area contributed by atoms with Gasteiger partial charge in [0.05, 0.1) is 5.75 Å². The average Bonchev–Trinajstić information content (AvgIpc) is 3.19. The third-order valence-corrected chi connectivity index (χ3v) is 5.07. The molecule has 1 aromatic carbocycles. The number of H-pyrrole nitrogens is 2. The van der Waals surface area contributed by atoms with Crippen LogP contribution in [0.3, 0.4) is 0 Å². The van der Waals surface area contributed by atoms with Gasteiger partial charge in [0.1, 0.15) is 22.5 Å². The molecule has 26 heavy (non-hydrogen) atoms. The van der Waals surface area contributed by atoms with Crippen molar-refractivity contribution in [2.75, 3.05) is 11.4 Å². The van der Waals surface area contributed by atoms with Crippen LogP contribution in [-0.2, 0) is 12.2 Å². The number of hydrogen-bond donors (Lipinski definition) is 2. The summed E-state index contributed by atoms with van der Waals surface area (Å²) in [5.41, 5.74) is 2.06. The maximum atomic E-state index is 12.1. The summed E-state index contributed by atoms with van der Waals surface area (Å²) in [6.07, 6.45) is 1.92. The number of hydrogen-bond acceptors (Lipinski definition) is 8. The van der Waals surface area contributed by atoms with E-state index in [1.54, 1.807) is 0 Å². The largest absolute Gasteiger partial charge is 0.347 e. The van der Waals surface area contributed by atoms with Gasteiger partial charge in [-0.2, -0.15) is 15.5 Å². The molecule has 4 rings (SSSR count).